The molecule has 5 nitrogen and oxygen atoms in total. The van der Waals surface area contributed by atoms with Crippen LogP contribution in [-0.2, 0) is 6.42 Å². The van der Waals surface area contributed by atoms with Crippen molar-refractivity contribution < 1.29 is 14.1 Å². The highest BCUT2D eigenvalue weighted by atomic mass is 32.1. The summed E-state index contributed by atoms with van der Waals surface area (Å²) in [6.45, 7) is 1.92. The number of anilines is 1. The molecular formula is C14H15FN2O3S. The zero-order valence-electron chi connectivity index (χ0n) is 11.6. The number of hydrogen-bond donors (Lipinski definition) is 1. The number of nitrogens with zero attached hydrogens (tertiary/aromatic N) is 1. The molecule has 0 aliphatic heterocycles. The van der Waals surface area contributed by atoms with Crippen LogP contribution in [0.3, 0.4) is 0 Å². The number of nitro groups is 1. The van der Waals surface area contributed by atoms with Crippen LogP contribution in [0.25, 0.3) is 0 Å². The predicted molar refractivity (Wildman–Crippen MR) is 80.7 cm³/mol. The molecule has 7 heteroatoms. The SMILES string of the molecule is COc1cc(NC(C)Cc2cccs2)c(F)cc1[N+](=O)[O-]. The monoisotopic (exact) mass is 310 g/mol. The molecule has 1 unspecified atom stereocenters. The Morgan fingerprint density at radius 2 is 2.29 bits per heavy atom. The zero-order valence-corrected chi connectivity index (χ0v) is 12.4. The summed E-state index contributed by atoms with van der Waals surface area (Å²) in [5.74, 6) is -0.632. The summed E-state index contributed by atoms with van der Waals surface area (Å²) in [5, 5.41) is 15.8. The molecule has 1 aromatic heterocycles. The van der Waals surface area contributed by atoms with Crippen LogP contribution in [0.5, 0.6) is 5.75 Å². The summed E-state index contributed by atoms with van der Waals surface area (Å²) in [6, 6.07) is 6.15. The van der Waals surface area contributed by atoms with E-state index in [1.54, 1.807) is 11.3 Å². The first-order valence-electron chi connectivity index (χ1n) is 6.32. The van der Waals surface area contributed by atoms with E-state index in [2.05, 4.69) is 5.32 Å². The van der Waals surface area contributed by atoms with Gasteiger partial charge < -0.3 is 10.1 Å². The van der Waals surface area contributed by atoms with E-state index in [1.807, 2.05) is 24.4 Å². The fourth-order valence-corrected chi connectivity index (χ4v) is 2.84. The van der Waals surface area contributed by atoms with Crippen molar-refractivity contribution >= 4 is 22.7 Å². The molecule has 1 atom stereocenters. The second-order valence-electron chi connectivity index (χ2n) is 4.59. The van der Waals surface area contributed by atoms with Crippen molar-refractivity contribution in [3.63, 3.8) is 0 Å². The maximum Gasteiger partial charge on any atom is 0.313 e. The van der Waals surface area contributed by atoms with Crippen LogP contribution in [0.4, 0.5) is 15.8 Å². The van der Waals surface area contributed by atoms with Crippen LogP contribution < -0.4 is 10.1 Å². The van der Waals surface area contributed by atoms with Gasteiger partial charge >= 0.3 is 5.69 Å². The molecule has 0 aliphatic carbocycles. The largest absolute Gasteiger partial charge is 0.490 e. The van der Waals surface area contributed by atoms with E-state index in [0.29, 0.717) is 0 Å². The molecule has 0 aliphatic rings. The Labute approximate surface area is 125 Å². The number of hydrogen-bond acceptors (Lipinski definition) is 5. The normalized spacial score (nSPS) is 12.0. The Kier molecular flexibility index (Phi) is 4.74. The molecule has 2 rings (SSSR count). The molecule has 0 bridgehead atoms. The molecule has 0 saturated carbocycles. The van der Waals surface area contributed by atoms with E-state index in [-0.39, 0.29) is 23.2 Å². The van der Waals surface area contributed by atoms with Gasteiger partial charge in [-0.15, -0.1) is 11.3 Å². The van der Waals surface area contributed by atoms with Gasteiger partial charge in [-0.3, -0.25) is 10.1 Å². The van der Waals surface area contributed by atoms with Gasteiger partial charge in [0.05, 0.1) is 23.8 Å². The van der Waals surface area contributed by atoms with E-state index in [1.165, 1.54) is 18.1 Å². The van der Waals surface area contributed by atoms with Crippen molar-refractivity contribution in [2.45, 2.75) is 19.4 Å². The molecule has 0 fully saturated rings. The molecule has 1 aromatic carbocycles. The summed E-state index contributed by atoms with van der Waals surface area (Å²) in [6.07, 6.45) is 0.746. The van der Waals surface area contributed by atoms with E-state index in [0.717, 1.165) is 12.5 Å². The summed E-state index contributed by atoms with van der Waals surface area (Å²) in [4.78, 5) is 11.3. The van der Waals surface area contributed by atoms with Gasteiger partial charge in [-0.2, -0.15) is 0 Å². The minimum Gasteiger partial charge on any atom is -0.490 e. The Hall–Kier alpha value is -2.15. The van der Waals surface area contributed by atoms with Crippen LogP contribution in [-0.4, -0.2) is 18.1 Å². The second-order valence-corrected chi connectivity index (χ2v) is 5.62. The van der Waals surface area contributed by atoms with Crippen LogP contribution in [0.15, 0.2) is 29.6 Å². The molecule has 0 saturated heterocycles. The quantitative estimate of drug-likeness (QED) is 0.650. The molecule has 112 valence electrons. The number of methoxy groups -OCH3 is 1. The fraction of sp³-hybridized carbons (Fsp3) is 0.286. The smallest absolute Gasteiger partial charge is 0.313 e. The minimum absolute atomic E-state index is 0.00990. The van der Waals surface area contributed by atoms with Crippen molar-refractivity contribution in [3.05, 3.63) is 50.5 Å². The van der Waals surface area contributed by atoms with Crippen LogP contribution in [0.2, 0.25) is 0 Å². The lowest BCUT2D eigenvalue weighted by Gasteiger charge is -2.16. The van der Waals surface area contributed by atoms with E-state index >= 15 is 0 Å². The van der Waals surface area contributed by atoms with Crippen molar-refractivity contribution in [2.24, 2.45) is 0 Å². The number of ether oxygens (including phenoxy) is 1. The van der Waals surface area contributed by atoms with Crippen LogP contribution >= 0.6 is 11.3 Å². The topological polar surface area (TPSA) is 64.4 Å². The lowest BCUT2D eigenvalue weighted by atomic mass is 10.2. The predicted octanol–water partition coefficient (Wildman–Crippen LogP) is 3.85. The first-order valence-corrected chi connectivity index (χ1v) is 7.20. The maximum absolute atomic E-state index is 13.9. The zero-order chi connectivity index (χ0) is 15.4. The molecule has 2 aromatic rings. The molecule has 0 spiro atoms. The highest BCUT2D eigenvalue weighted by Crippen LogP contribution is 2.32. The standard InChI is InChI=1S/C14H15FN2O3S/c1-9(6-10-4-3-5-21-10)16-12-8-14(20-2)13(17(18)19)7-11(12)15/h3-5,7-9,16H,6H2,1-2H3. The summed E-state index contributed by atoms with van der Waals surface area (Å²) >= 11 is 1.63. The Morgan fingerprint density at radius 3 is 2.86 bits per heavy atom. The summed E-state index contributed by atoms with van der Waals surface area (Å²) in [7, 11) is 1.32. The third-order valence-corrected chi connectivity index (χ3v) is 3.85. The van der Waals surface area contributed by atoms with Crippen LogP contribution in [0.1, 0.15) is 11.8 Å². The molecule has 0 amide bonds. The van der Waals surface area contributed by atoms with E-state index in [9.17, 15) is 14.5 Å². The fourth-order valence-electron chi connectivity index (χ4n) is 2.01. The molecule has 21 heavy (non-hydrogen) atoms. The van der Waals surface area contributed by atoms with Gasteiger partial charge in [0.2, 0.25) is 0 Å². The van der Waals surface area contributed by atoms with Crippen molar-refractivity contribution in [3.8, 4) is 5.75 Å². The number of halogens is 1. The number of nitrogens with one attached hydrogen (secondary N) is 1. The number of thiophene rings is 1. The first-order chi connectivity index (χ1) is 10.0. The third kappa shape index (κ3) is 3.69. The van der Waals surface area contributed by atoms with Gasteiger partial charge in [0.1, 0.15) is 0 Å². The van der Waals surface area contributed by atoms with Gasteiger partial charge in [0.25, 0.3) is 0 Å². The van der Waals surface area contributed by atoms with E-state index in [4.69, 9.17) is 4.74 Å². The summed E-state index contributed by atoms with van der Waals surface area (Å²) in [5.41, 5.74) is -0.187. The Morgan fingerprint density at radius 1 is 1.52 bits per heavy atom. The average molecular weight is 310 g/mol. The van der Waals surface area contributed by atoms with Gasteiger partial charge in [0, 0.05) is 23.4 Å². The number of nitro benzene ring substituents is 1. The third-order valence-electron chi connectivity index (χ3n) is 2.95. The molecule has 1 heterocycles. The molecule has 0 radical (unpaired) electrons. The lowest BCUT2D eigenvalue weighted by Crippen LogP contribution is -2.18. The highest BCUT2D eigenvalue weighted by Gasteiger charge is 2.20. The Balaban J connectivity index is 2.17. The number of rotatable bonds is 6. The second kappa shape index (κ2) is 6.53. The highest BCUT2D eigenvalue weighted by molar-refractivity contribution is 7.09. The molecular weight excluding hydrogens is 295 g/mol. The van der Waals surface area contributed by atoms with Gasteiger partial charge in [-0.1, -0.05) is 6.07 Å². The lowest BCUT2D eigenvalue weighted by molar-refractivity contribution is -0.385. The first kappa shape index (κ1) is 15.2. The van der Waals surface area contributed by atoms with Crippen molar-refractivity contribution in [1.29, 1.82) is 0 Å². The Bertz CT molecular complexity index is 631. The van der Waals surface area contributed by atoms with Gasteiger partial charge in [-0.25, -0.2) is 4.39 Å². The van der Waals surface area contributed by atoms with Gasteiger partial charge in [0.15, 0.2) is 11.6 Å². The average Bonchev–Trinajstić information content (AvgIpc) is 2.93. The minimum atomic E-state index is -0.666. The van der Waals surface area contributed by atoms with Crippen molar-refractivity contribution in [1.82, 2.24) is 0 Å². The number of benzene rings is 1. The summed E-state index contributed by atoms with van der Waals surface area (Å²) < 4.78 is 18.9. The maximum atomic E-state index is 13.9. The van der Waals surface area contributed by atoms with Crippen LogP contribution in [0, 0.1) is 15.9 Å². The van der Waals surface area contributed by atoms with Gasteiger partial charge in [-0.05, 0) is 18.4 Å². The van der Waals surface area contributed by atoms with Crippen molar-refractivity contribution in [2.75, 3.05) is 12.4 Å². The van der Waals surface area contributed by atoms with E-state index < -0.39 is 10.7 Å². The molecule has 1 N–H and O–H groups in total.